The van der Waals surface area contributed by atoms with Crippen LogP contribution in [0.5, 0.6) is 0 Å². The summed E-state index contributed by atoms with van der Waals surface area (Å²) in [7, 11) is 0.417. The summed E-state index contributed by atoms with van der Waals surface area (Å²) in [5.41, 5.74) is 4.91. The molecular weight excluding hydrogens is 270 g/mol. The van der Waals surface area contributed by atoms with Crippen LogP contribution in [0, 0.1) is 5.92 Å². The van der Waals surface area contributed by atoms with Crippen molar-refractivity contribution < 1.29 is 19.4 Å². The maximum Gasteiger partial charge on any atom is 0.0135 e. The largest absolute Gasteiger partial charge is 0.0750 e. The minimum Gasteiger partial charge on any atom is -0.0750 e. The van der Waals surface area contributed by atoms with Gasteiger partial charge in [-0.1, -0.05) is 13.1 Å². The monoisotopic (exact) mass is 301 g/mol. The molecule has 0 radical (unpaired) electrons. The van der Waals surface area contributed by atoms with Gasteiger partial charge in [0.25, 0.3) is 0 Å². The number of nitrogens with one attached hydrogen (secondary N) is 1. The second kappa shape index (κ2) is 7.84. The molecule has 0 bridgehead atoms. The first-order valence-electron chi connectivity index (χ1n) is 7.07. The van der Waals surface area contributed by atoms with Gasteiger partial charge in [0.15, 0.2) is 0 Å². The normalized spacial score (nSPS) is 19.9. The van der Waals surface area contributed by atoms with Crippen LogP contribution in [0.25, 0.3) is 0 Å². The average Bonchev–Trinajstić information content (AvgIpc) is 2.42. The van der Waals surface area contributed by atoms with Gasteiger partial charge in [0.2, 0.25) is 0 Å². The minimum absolute atomic E-state index is 0.156. The fourth-order valence-corrected chi connectivity index (χ4v) is 3.88. The van der Waals surface area contributed by atoms with Gasteiger partial charge in [-0.25, -0.2) is 0 Å². The molecule has 0 aromatic heterocycles. The van der Waals surface area contributed by atoms with E-state index in [1.165, 1.54) is 5.57 Å². The van der Waals surface area contributed by atoms with Crippen molar-refractivity contribution >= 4 is 9.52 Å². The molecule has 1 aliphatic rings. The molecule has 0 aromatic rings. The summed E-state index contributed by atoms with van der Waals surface area (Å²) < 4.78 is 5.40. The van der Waals surface area contributed by atoms with E-state index < -0.39 is 0 Å². The third-order valence-electron chi connectivity index (χ3n) is 3.21. The third-order valence-corrected chi connectivity index (χ3v) is 6.26. The Morgan fingerprint density at radius 2 is 1.50 bits per heavy atom. The Morgan fingerprint density at radius 3 is 1.78 bits per heavy atom. The van der Waals surface area contributed by atoms with Gasteiger partial charge in [0, 0.05) is 9.52 Å². The maximum absolute atomic E-state index is 3.71. The maximum atomic E-state index is 3.71. The van der Waals surface area contributed by atoms with Gasteiger partial charge in [0.05, 0.1) is 0 Å². The van der Waals surface area contributed by atoms with Gasteiger partial charge in [0.1, 0.15) is 0 Å². The molecule has 1 atom stereocenters. The Hall–Kier alpha value is 0.371. The Morgan fingerprint density at radius 1 is 1.06 bits per heavy atom. The van der Waals surface area contributed by atoms with Crippen LogP contribution in [0.1, 0.15) is 48.5 Å². The number of hydrogen-bond acceptors (Lipinski definition) is 1. The molecule has 104 valence electrons. The van der Waals surface area contributed by atoms with E-state index in [0.717, 1.165) is 0 Å². The first-order valence-corrected chi connectivity index (χ1v) is 11.5. The molecule has 0 aromatic carbocycles. The first-order chi connectivity index (χ1) is 8.15. The fraction of sp³-hybridized carbons (Fsp3) is 0.733. The van der Waals surface area contributed by atoms with Gasteiger partial charge in [-0.05, 0) is 0 Å². The van der Waals surface area contributed by atoms with E-state index in [2.05, 4.69) is 65.4 Å². The molecule has 3 heteroatoms. The van der Waals surface area contributed by atoms with E-state index in [9.17, 15) is 0 Å². The Kier molecular flexibility index (Phi) is 8.00. The van der Waals surface area contributed by atoms with E-state index in [1.807, 2.05) is 0 Å². The van der Waals surface area contributed by atoms with Crippen molar-refractivity contribution in [2.24, 2.45) is 5.92 Å². The van der Waals surface area contributed by atoms with Crippen molar-refractivity contribution in [1.29, 1.82) is 0 Å². The fourth-order valence-electron chi connectivity index (χ4n) is 1.82. The van der Waals surface area contributed by atoms with E-state index >= 15 is 0 Å². The molecule has 0 saturated carbocycles. The average molecular weight is 301 g/mol. The molecule has 1 rings (SSSR count). The molecule has 1 unspecified atom stereocenters. The Labute approximate surface area is 126 Å². The van der Waals surface area contributed by atoms with Crippen LogP contribution in [-0.2, 0) is 19.4 Å². The van der Waals surface area contributed by atoms with E-state index in [1.54, 1.807) is 15.0 Å². The van der Waals surface area contributed by atoms with Gasteiger partial charge in [-0.15, -0.1) is 0 Å². The van der Waals surface area contributed by atoms with Crippen molar-refractivity contribution in [3.8, 4) is 0 Å². The quantitative estimate of drug-likeness (QED) is 0.763. The number of allylic oxidation sites excluding steroid dienone is 4. The van der Waals surface area contributed by atoms with E-state index in [-0.39, 0.29) is 24.9 Å². The predicted octanol–water partition coefficient (Wildman–Crippen LogP) is 3.88. The summed E-state index contributed by atoms with van der Waals surface area (Å²) >= 11 is -0.156. The van der Waals surface area contributed by atoms with Crippen LogP contribution in [0.15, 0.2) is 20.6 Å². The second-order valence-corrected chi connectivity index (χ2v) is 9.31. The van der Waals surface area contributed by atoms with E-state index in [4.69, 9.17) is 0 Å². The summed E-state index contributed by atoms with van der Waals surface area (Å²) in [5, 5.41) is 0. The SMILES string of the molecule is CC1=C(C)C(C)[C]([Ti][NH]C(C)(C)C)=C1C.C[SiH2]C. The number of hydrogen-bond donors (Lipinski definition) is 1. The minimum atomic E-state index is -0.156. The third kappa shape index (κ3) is 5.56. The molecule has 0 amide bonds. The molecule has 0 fully saturated rings. The van der Waals surface area contributed by atoms with Crippen molar-refractivity contribution in [2.75, 3.05) is 0 Å². The zero-order valence-corrected chi connectivity index (χ0v) is 16.8. The zero-order valence-electron chi connectivity index (χ0n) is 13.8. The molecule has 0 saturated heterocycles. The zero-order chi connectivity index (χ0) is 14.5. The molecule has 0 spiro atoms. The van der Waals surface area contributed by atoms with Gasteiger partial charge in [-0.2, -0.15) is 0 Å². The topological polar surface area (TPSA) is 12.0 Å². The summed E-state index contributed by atoms with van der Waals surface area (Å²) in [6.07, 6.45) is 0. The van der Waals surface area contributed by atoms with Crippen molar-refractivity contribution in [2.45, 2.75) is 67.1 Å². The standard InChI is InChI=1S/C9H13.C4H10N.C2H8Si.Ti/c1-6-5-7(2)9(4)8(6)3;1-4(2,3)5;1-3-2;/h6H,1-4H3;5H,1-3H3;3H2,1-2H3;/q;-1;;+1. The summed E-state index contributed by atoms with van der Waals surface area (Å²) in [4.78, 5) is 0. The second-order valence-electron chi connectivity index (χ2n) is 6.28. The van der Waals surface area contributed by atoms with Crippen LogP contribution in [0.4, 0.5) is 0 Å². The summed E-state index contributed by atoms with van der Waals surface area (Å²) in [5.74, 6) is 0.680. The van der Waals surface area contributed by atoms with Gasteiger partial charge >= 0.3 is 104 Å². The van der Waals surface area contributed by atoms with Gasteiger partial charge < -0.3 is 0 Å². The van der Waals surface area contributed by atoms with E-state index in [0.29, 0.717) is 15.4 Å². The molecular formula is C15H31NSiTi. The summed E-state index contributed by atoms with van der Waals surface area (Å²) in [6.45, 7) is 20.4. The predicted molar refractivity (Wildman–Crippen MR) is 83.4 cm³/mol. The van der Waals surface area contributed by atoms with Crippen LogP contribution in [0.3, 0.4) is 0 Å². The van der Waals surface area contributed by atoms with Crippen molar-refractivity contribution in [1.82, 2.24) is 3.80 Å². The van der Waals surface area contributed by atoms with Crippen molar-refractivity contribution in [3.63, 3.8) is 0 Å². The molecule has 1 aliphatic carbocycles. The van der Waals surface area contributed by atoms with Crippen LogP contribution in [-0.4, -0.2) is 15.1 Å². The molecule has 1 N–H and O–H groups in total. The molecule has 0 heterocycles. The van der Waals surface area contributed by atoms with Crippen LogP contribution >= 0.6 is 0 Å². The number of rotatable bonds is 2. The summed E-state index contributed by atoms with van der Waals surface area (Å²) in [6, 6.07) is 0. The van der Waals surface area contributed by atoms with Crippen molar-refractivity contribution in [3.05, 3.63) is 20.6 Å². The van der Waals surface area contributed by atoms with Gasteiger partial charge in [-0.3, -0.25) is 0 Å². The van der Waals surface area contributed by atoms with Crippen LogP contribution < -0.4 is 3.80 Å². The van der Waals surface area contributed by atoms with Crippen LogP contribution in [0.2, 0.25) is 13.1 Å². The smallest absolute Gasteiger partial charge is 0.0135 e. The Bertz CT molecular complexity index is 337. The molecule has 1 nitrogen and oxygen atoms in total. The Balaban J connectivity index is 0.000000873. The first kappa shape index (κ1) is 18.4. The molecule has 18 heavy (non-hydrogen) atoms. The molecule has 0 aliphatic heterocycles.